The van der Waals surface area contributed by atoms with Crippen LogP contribution in [-0.4, -0.2) is 112 Å². The minimum atomic E-state index is -4.06. The van der Waals surface area contributed by atoms with E-state index in [9.17, 15) is 60.3 Å². The molecule has 11 N–H and O–H groups in total. The molecule has 3 aromatic carbocycles. The van der Waals surface area contributed by atoms with E-state index in [2.05, 4.69) is 10.6 Å². The maximum absolute atomic E-state index is 13.5. The molecule has 1 heterocycles. The fourth-order valence-electron chi connectivity index (χ4n) is 6.27. The molecule has 0 bridgehead atoms. The quantitative estimate of drug-likeness (QED) is 0.0594. The second-order valence-corrected chi connectivity index (χ2v) is 13.0. The first-order valence-corrected chi connectivity index (χ1v) is 16.5. The van der Waals surface area contributed by atoms with Crippen molar-refractivity contribution >= 4 is 17.7 Å². The molecule has 0 aliphatic carbocycles. The number of urea groups is 1. The predicted molar refractivity (Wildman–Crippen MR) is 184 cm³/mol. The van der Waals surface area contributed by atoms with Gasteiger partial charge in [-0.1, -0.05) is 48.5 Å². The van der Waals surface area contributed by atoms with E-state index >= 15 is 0 Å². The van der Waals surface area contributed by atoms with Crippen LogP contribution in [0.2, 0.25) is 0 Å². The van der Waals surface area contributed by atoms with Crippen molar-refractivity contribution in [3.63, 3.8) is 0 Å². The van der Waals surface area contributed by atoms with E-state index in [1.54, 1.807) is 62.4 Å². The number of para-hydroxylation sites is 1. The Morgan fingerprint density at radius 3 is 2.06 bits per heavy atom. The summed E-state index contributed by atoms with van der Waals surface area (Å²) in [7, 11) is 0. The third-order valence-corrected chi connectivity index (χ3v) is 9.27. The van der Waals surface area contributed by atoms with Gasteiger partial charge in [-0.15, -0.1) is 0 Å². The highest BCUT2D eigenvalue weighted by molar-refractivity contribution is 5.87. The number of phenolic OH excluding ortho intramolecular Hbond substituents is 5. The molecule has 4 rings (SSSR count). The van der Waals surface area contributed by atoms with Gasteiger partial charge in [0.1, 0.15) is 24.0 Å². The summed E-state index contributed by atoms with van der Waals surface area (Å²) in [6, 6.07) is 11.2. The molecule has 0 aromatic heterocycles. The maximum atomic E-state index is 13.5. The van der Waals surface area contributed by atoms with Crippen molar-refractivity contribution in [3.05, 3.63) is 70.8 Å². The Hall–Kier alpha value is -5.29. The van der Waals surface area contributed by atoms with Crippen molar-refractivity contribution in [1.29, 1.82) is 0 Å². The molecule has 1 aliphatic heterocycles. The van der Waals surface area contributed by atoms with Crippen LogP contribution in [0.15, 0.2) is 48.5 Å². The number of rotatable bonds is 15. The van der Waals surface area contributed by atoms with Crippen LogP contribution in [0.1, 0.15) is 48.4 Å². The first-order chi connectivity index (χ1) is 24.4. The minimum absolute atomic E-state index is 0.0105. The summed E-state index contributed by atoms with van der Waals surface area (Å²) in [4.78, 5) is 40.7. The molecule has 0 radical (unpaired) electrons. The molecule has 16 heteroatoms. The molecular formula is C36H45N3O13. The van der Waals surface area contributed by atoms with Crippen LogP contribution in [0.25, 0.3) is 0 Å². The number of carbonyl (C=O) groups excluding carboxylic acids is 3. The predicted octanol–water partition coefficient (Wildman–Crippen LogP) is 1.02. The Morgan fingerprint density at radius 2 is 1.48 bits per heavy atom. The van der Waals surface area contributed by atoms with Crippen molar-refractivity contribution in [2.24, 2.45) is 0 Å². The number of hydrogen-bond acceptors (Lipinski definition) is 13. The number of aliphatic hydroxyl groups excluding tert-OH is 1. The van der Waals surface area contributed by atoms with Crippen molar-refractivity contribution in [3.8, 4) is 34.5 Å². The van der Waals surface area contributed by atoms with Gasteiger partial charge in [0.2, 0.25) is 28.9 Å². The van der Waals surface area contributed by atoms with Crippen LogP contribution < -0.4 is 15.4 Å². The Bertz CT molecular complexity index is 1740. The summed E-state index contributed by atoms with van der Waals surface area (Å²) in [6.45, 7) is 4.88. The molecule has 282 valence electrons. The number of carbonyl (C=O) groups is 3. The highest BCUT2D eigenvalue weighted by atomic mass is 16.5. The number of hydrogen-bond donors (Lipinski definition) is 11. The molecule has 16 nitrogen and oxygen atoms in total. The number of aliphatic hydroxyl groups is 4. The smallest absolute Gasteiger partial charge is 0.318 e. The van der Waals surface area contributed by atoms with Gasteiger partial charge in [0.25, 0.3) is 0 Å². The number of Topliss-reactive ketones (excluding diaryl/α,β-unsaturated/α-hetero) is 1. The fourth-order valence-corrected chi connectivity index (χ4v) is 6.27. The molecule has 3 aromatic rings. The lowest BCUT2D eigenvalue weighted by Gasteiger charge is -2.43. The van der Waals surface area contributed by atoms with Crippen molar-refractivity contribution in [2.75, 3.05) is 19.7 Å². The second kappa shape index (κ2) is 15.9. The zero-order valence-corrected chi connectivity index (χ0v) is 28.9. The van der Waals surface area contributed by atoms with Gasteiger partial charge in [0.15, 0.2) is 22.9 Å². The molecule has 4 atom stereocenters. The molecule has 1 aliphatic rings. The third kappa shape index (κ3) is 8.10. The number of phenols is 5. The lowest BCUT2D eigenvalue weighted by molar-refractivity contribution is -0.313. The monoisotopic (exact) mass is 727 g/mol. The topological polar surface area (TPSA) is 270 Å². The Kier molecular flexibility index (Phi) is 12.1. The van der Waals surface area contributed by atoms with E-state index in [0.717, 1.165) is 0 Å². The van der Waals surface area contributed by atoms with E-state index in [1.165, 1.54) is 11.8 Å². The van der Waals surface area contributed by atoms with Crippen LogP contribution in [0.4, 0.5) is 4.79 Å². The Labute approximate surface area is 299 Å². The standard InChI is InChI=1S/C36H45N3O13/c1-19-9-7-10-20(2)32(19)52-18-24(40)17-35(49,36(50,51)26-27(42)29(44)31(46)30(45)28(26)43)25(41)16-23(15-22-11-5-4-6-12-22)38-33(47)21(3)39-14-8-13-37-34(39)48/h4-7,9-12,21,23,25,41-46,49-51H,8,13-18H2,1-3H3,(H,37,48)(H,38,47). The maximum Gasteiger partial charge on any atom is 0.318 e. The number of ether oxygens (including phenoxy) is 1. The van der Waals surface area contributed by atoms with Crippen molar-refractivity contribution in [1.82, 2.24) is 15.5 Å². The lowest BCUT2D eigenvalue weighted by Crippen LogP contribution is -2.62. The summed E-state index contributed by atoms with van der Waals surface area (Å²) in [6.07, 6.45) is -3.86. The summed E-state index contributed by atoms with van der Waals surface area (Å²) in [5, 5.41) is 104. The van der Waals surface area contributed by atoms with Gasteiger partial charge in [-0.05, 0) is 56.7 Å². The Balaban J connectivity index is 1.73. The fraction of sp³-hybridized carbons (Fsp3) is 0.417. The molecule has 4 unspecified atom stereocenters. The van der Waals surface area contributed by atoms with Crippen LogP contribution in [0.3, 0.4) is 0 Å². The Morgan fingerprint density at radius 1 is 0.904 bits per heavy atom. The van der Waals surface area contributed by atoms with Crippen molar-refractivity contribution in [2.45, 2.75) is 76.0 Å². The first-order valence-electron chi connectivity index (χ1n) is 16.5. The lowest BCUT2D eigenvalue weighted by atomic mass is 9.75. The molecule has 3 amide bonds. The largest absolute Gasteiger partial charge is 0.504 e. The summed E-state index contributed by atoms with van der Waals surface area (Å²) >= 11 is 0. The number of ketones is 1. The summed E-state index contributed by atoms with van der Waals surface area (Å²) < 4.78 is 5.67. The molecule has 0 saturated carbocycles. The minimum Gasteiger partial charge on any atom is -0.504 e. The molecular weight excluding hydrogens is 682 g/mol. The van der Waals surface area contributed by atoms with Gasteiger partial charge in [0, 0.05) is 25.6 Å². The normalized spacial score (nSPS) is 16.3. The average molecular weight is 728 g/mol. The van der Waals surface area contributed by atoms with E-state index in [0.29, 0.717) is 35.4 Å². The zero-order valence-electron chi connectivity index (χ0n) is 28.9. The number of benzene rings is 3. The van der Waals surface area contributed by atoms with E-state index in [1.807, 2.05) is 0 Å². The van der Waals surface area contributed by atoms with Gasteiger partial charge in [-0.3, -0.25) is 9.59 Å². The van der Waals surface area contributed by atoms with Gasteiger partial charge in [0.05, 0.1) is 6.10 Å². The summed E-state index contributed by atoms with van der Waals surface area (Å²) in [5.41, 5.74) is -3.10. The summed E-state index contributed by atoms with van der Waals surface area (Å²) in [5.74, 6) is -13.1. The van der Waals surface area contributed by atoms with Gasteiger partial charge >= 0.3 is 6.03 Å². The number of nitrogens with one attached hydrogen (secondary N) is 2. The third-order valence-electron chi connectivity index (χ3n) is 9.27. The van der Waals surface area contributed by atoms with E-state index < -0.39 is 101 Å². The number of amides is 3. The van der Waals surface area contributed by atoms with Crippen LogP contribution >= 0.6 is 0 Å². The average Bonchev–Trinajstić information content (AvgIpc) is 3.09. The van der Waals surface area contributed by atoms with E-state index in [-0.39, 0.29) is 13.0 Å². The van der Waals surface area contributed by atoms with Gasteiger partial charge in [-0.2, -0.15) is 0 Å². The number of nitrogens with zero attached hydrogens (tertiary/aromatic N) is 1. The number of aromatic hydroxyl groups is 5. The second-order valence-electron chi connectivity index (χ2n) is 13.0. The molecule has 1 fully saturated rings. The van der Waals surface area contributed by atoms with Gasteiger partial charge in [-0.25, -0.2) is 4.79 Å². The van der Waals surface area contributed by atoms with Crippen LogP contribution in [-0.2, 0) is 21.8 Å². The van der Waals surface area contributed by atoms with Crippen molar-refractivity contribution < 1.29 is 65.1 Å². The highest BCUT2D eigenvalue weighted by Crippen LogP contribution is 2.56. The number of aryl methyl sites for hydroxylation is 2. The zero-order chi connectivity index (χ0) is 38.5. The van der Waals surface area contributed by atoms with E-state index in [4.69, 9.17) is 4.74 Å². The van der Waals surface area contributed by atoms with Crippen LogP contribution in [0.5, 0.6) is 34.5 Å². The highest BCUT2D eigenvalue weighted by Gasteiger charge is 2.59. The first kappa shape index (κ1) is 39.5. The van der Waals surface area contributed by atoms with Gasteiger partial charge < -0.3 is 66.2 Å². The SMILES string of the molecule is Cc1cccc(C)c1OCC(=O)CC(O)(C(O)CC(Cc1ccccc1)NC(=O)C(C)N1CCCNC1=O)C(O)(O)c1c(O)c(O)c(O)c(O)c1O. The molecule has 52 heavy (non-hydrogen) atoms. The molecule has 0 spiro atoms. The van der Waals surface area contributed by atoms with Crippen LogP contribution in [0, 0.1) is 13.8 Å². The molecule has 1 saturated heterocycles.